The Morgan fingerprint density at radius 3 is 2.75 bits per heavy atom. The van der Waals surface area contributed by atoms with Gasteiger partial charge in [0.05, 0.1) is 6.10 Å². The van der Waals surface area contributed by atoms with Crippen LogP contribution in [0.5, 0.6) is 0 Å². The molecule has 1 aliphatic rings. The number of nitrogens with one attached hydrogen (secondary N) is 1. The maximum atomic E-state index is 9.72. The van der Waals surface area contributed by atoms with Gasteiger partial charge in [-0.1, -0.05) is 23.8 Å². The molecule has 0 heterocycles. The van der Waals surface area contributed by atoms with E-state index in [-0.39, 0.29) is 6.10 Å². The summed E-state index contributed by atoms with van der Waals surface area (Å²) in [6.45, 7) is 5.13. The number of aliphatic hydroxyl groups is 1. The van der Waals surface area contributed by atoms with E-state index in [4.69, 9.17) is 0 Å². The van der Waals surface area contributed by atoms with Crippen molar-refractivity contribution in [1.29, 1.82) is 0 Å². The van der Waals surface area contributed by atoms with Gasteiger partial charge in [-0.05, 0) is 44.2 Å². The van der Waals surface area contributed by atoms with E-state index in [2.05, 4.69) is 37.4 Å². The monoisotopic (exact) mass is 219 g/mol. The van der Waals surface area contributed by atoms with Gasteiger partial charge in [0, 0.05) is 12.6 Å². The van der Waals surface area contributed by atoms with Crippen LogP contribution in [0.4, 0.5) is 0 Å². The van der Waals surface area contributed by atoms with Gasteiger partial charge in [-0.2, -0.15) is 0 Å². The Morgan fingerprint density at radius 1 is 1.31 bits per heavy atom. The molecule has 0 bridgehead atoms. The average Bonchev–Trinajstić information content (AvgIpc) is 2.63. The Morgan fingerprint density at radius 2 is 2.12 bits per heavy atom. The number of hydrogen-bond donors (Lipinski definition) is 2. The molecule has 16 heavy (non-hydrogen) atoms. The zero-order valence-corrected chi connectivity index (χ0v) is 10.2. The fraction of sp³-hybridized carbons (Fsp3) is 0.571. The summed E-state index contributed by atoms with van der Waals surface area (Å²) in [6.07, 6.45) is 3.05. The van der Waals surface area contributed by atoms with Gasteiger partial charge >= 0.3 is 0 Å². The van der Waals surface area contributed by atoms with E-state index >= 15 is 0 Å². The summed E-state index contributed by atoms with van der Waals surface area (Å²) in [4.78, 5) is 0. The molecule has 0 saturated heterocycles. The minimum Gasteiger partial charge on any atom is -0.392 e. The highest BCUT2D eigenvalue weighted by Gasteiger charge is 2.24. The maximum absolute atomic E-state index is 9.72. The molecular formula is C14H21NO. The van der Waals surface area contributed by atoms with Gasteiger partial charge in [0.25, 0.3) is 0 Å². The summed E-state index contributed by atoms with van der Waals surface area (Å²) in [5, 5.41) is 13.2. The largest absolute Gasteiger partial charge is 0.392 e. The predicted octanol–water partition coefficient (Wildman–Crippen LogP) is 2.31. The topological polar surface area (TPSA) is 32.3 Å². The highest BCUT2D eigenvalue weighted by molar-refractivity contribution is 5.30. The molecule has 1 aliphatic carbocycles. The van der Waals surface area contributed by atoms with Crippen LogP contribution in [0.25, 0.3) is 0 Å². The van der Waals surface area contributed by atoms with Crippen LogP contribution in [-0.2, 0) is 6.54 Å². The lowest BCUT2D eigenvalue weighted by Gasteiger charge is -2.17. The molecule has 1 fully saturated rings. The van der Waals surface area contributed by atoms with Gasteiger partial charge in [-0.25, -0.2) is 0 Å². The molecule has 1 aromatic carbocycles. The van der Waals surface area contributed by atoms with E-state index in [1.165, 1.54) is 16.7 Å². The first-order chi connectivity index (χ1) is 7.66. The molecule has 0 aliphatic heterocycles. The van der Waals surface area contributed by atoms with Crippen molar-refractivity contribution in [2.45, 2.75) is 51.8 Å². The summed E-state index contributed by atoms with van der Waals surface area (Å²) < 4.78 is 0. The summed E-state index contributed by atoms with van der Waals surface area (Å²) in [5.41, 5.74) is 3.98. The number of hydrogen-bond acceptors (Lipinski definition) is 2. The number of rotatable bonds is 3. The molecule has 0 aromatic heterocycles. The third kappa shape index (κ3) is 2.63. The Balaban J connectivity index is 1.94. The van der Waals surface area contributed by atoms with Gasteiger partial charge in [-0.3, -0.25) is 0 Å². The van der Waals surface area contributed by atoms with E-state index in [0.717, 1.165) is 25.8 Å². The van der Waals surface area contributed by atoms with Crippen LogP contribution in [0, 0.1) is 13.8 Å². The summed E-state index contributed by atoms with van der Waals surface area (Å²) in [5.74, 6) is 0. The van der Waals surface area contributed by atoms with E-state index in [9.17, 15) is 5.11 Å². The average molecular weight is 219 g/mol. The fourth-order valence-corrected chi connectivity index (χ4v) is 2.46. The zero-order chi connectivity index (χ0) is 11.5. The SMILES string of the molecule is Cc1ccc(CNC2CCCC2O)c(C)c1. The molecule has 2 unspecified atom stereocenters. The first-order valence-corrected chi connectivity index (χ1v) is 6.14. The van der Waals surface area contributed by atoms with Crippen molar-refractivity contribution >= 4 is 0 Å². The van der Waals surface area contributed by atoms with E-state index < -0.39 is 0 Å². The highest BCUT2D eigenvalue weighted by atomic mass is 16.3. The number of aliphatic hydroxyl groups excluding tert-OH is 1. The van der Waals surface area contributed by atoms with Crippen LogP contribution < -0.4 is 5.32 Å². The van der Waals surface area contributed by atoms with Crippen LogP contribution in [0.15, 0.2) is 18.2 Å². The molecule has 0 spiro atoms. The Hall–Kier alpha value is -0.860. The number of aryl methyl sites for hydroxylation is 2. The standard InChI is InChI=1S/C14H21NO/c1-10-6-7-12(11(2)8-10)9-15-13-4-3-5-14(13)16/h6-8,13-16H,3-5,9H2,1-2H3. The Bertz CT molecular complexity index is 362. The van der Waals surface area contributed by atoms with Crippen LogP contribution in [0.2, 0.25) is 0 Å². The van der Waals surface area contributed by atoms with E-state index in [1.807, 2.05) is 0 Å². The molecule has 2 atom stereocenters. The smallest absolute Gasteiger partial charge is 0.0693 e. The van der Waals surface area contributed by atoms with Gasteiger partial charge in [0.1, 0.15) is 0 Å². The molecule has 88 valence electrons. The quantitative estimate of drug-likeness (QED) is 0.817. The van der Waals surface area contributed by atoms with Crippen molar-refractivity contribution in [3.05, 3.63) is 34.9 Å². The second-order valence-electron chi connectivity index (χ2n) is 4.92. The Labute approximate surface area is 97.7 Å². The van der Waals surface area contributed by atoms with Gasteiger partial charge in [0.15, 0.2) is 0 Å². The second kappa shape index (κ2) is 4.98. The third-order valence-corrected chi connectivity index (χ3v) is 3.53. The molecule has 2 N–H and O–H groups in total. The first kappa shape index (κ1) is 11.6. The van der Waals surface area contributed by atoms with Crippen molar-refractivity contribution in [1.82, 2.24) is 5.32 Å². The van der Waals surface area contributed by atoms with Gasteiger partial charge in [0.2, 0.25) is 0 Å². The van der Waals surface area contributed by atoms with Crippen molar-refractivity contribution in [3.8, 4) is 0 Å². The fourth-order valence-electron chi connectivity index (χ4n) is 2.46. The lowest BCUT2D eigenvalue weighted by molar-refractivity contribution is 0.148. The summed E-state index contributed by atoms with van der Waals surface area (Å²) >= 11 is 0. The van der Waals surface area contributed by atoms with E-state index in [0.29, 0.717) is 6.04 Å². The van der Waals surface area contributed by atoms with Gasteiger partial charge in [-0.15, -0.1) is 0 Å². The minimum atomic E-state index is -0.147. The maximum Gasteiger partial charge on any atom is 0.0693 e. The molecule has 1 saturated carbocycles. The lowest BCUT2D eigenvalue weighted by atomic mass is 10.1. The van der Waals surface area contributed by atoms with Crippen molar-refractivity contribution in [2.24, 2.45) is 0 Å². The predicted molar refractivity (Wildman–Crippen MR) is 66.4 cm³/mol. The zero-order valence-electron chi connectivity index (χ0n) is 10.2. The van der Waals surface area contributed by atoms with Crippen molar-refractivity contribution < 1.29 is 5.11 Å². The van der Waals surface area contributed by atoms with Crippen molar-refractivity contribution in [2.75, 3.05) is 0 Å². The van der Waals surface area contributed by atoms with Crippen molar-refractivity contribution in [3.63, 3.8) is 0 Å². The van der Waals surface area contributed by atoms with Crippen LogP contribution >= 0.6 is 0 Å². The van der Waals surface area contributed by atoms with Crippen LogP contribution in [0.1, 0.15) is 36.0 Å². The van der Waals surface area contributed by atoms with Crippen LogP contribution in [0.3, 0.4) is 0 Å². The molecule has 2 rings (SSSR count). The molecule has 2 heteroatoms. The second-order valence-corrected chi connectivity index (χ2v) is 4.92. The molecule has 2 nitrogen and oxygen atoms in total. The molecule has 0 amide bonds. The normalized spacial score (nSPS) is 24.9. The summed E-state index contributed by atoms with van der Waals surface area (Å²) in [7, 11) is 0. The molecular weight excluding hydrogens is 198 g/mol. The molecule has 0 radical (unpaired) electrons. The lowest BCUT2D eigenvalue weighted by Crippen LogP contribution is -2.35. The summed E-state index contributed by atoms with van der Waals surface area (Å²) in [6, 6.07) is 6.83. The third-order valence-electron chi connectivity index (χ3n) is 3.53. The number of benzene rings is 1. The first-order valence-electron chi connectivity index (χ1n) is 6.14. The molecule has 1 aromatic rings. The highest BCUT2D eigenvalue weighted by Crippen LogP contribution is 2.19. The minimum absolute atomic E-state index is 0.147. The Kier molecular flexibility index (Phi) is 3.62. The van der Waals surface area contributed by atoms with Crippen LogP contribution in [-0.4, -0.2) is 17.3 Å². The van der Waals surface area contributed by atoms with Gasteiger partial charge < -0.3 is 10.4 Å². The van der Waals surface area contributed by atoms with E-state index in [1.54, 1.807) is 0 Å².